The van der Waals surface area contributed by atoms with Crippen LogP contribution in [-0.2, 0) is 4.79 Å². The lowest BCUT2D eigenvalue weighted by molar-refractivity contribution is -0.118. The predicted octanol–water partition coefficient (Wildman–Crippen LogP) is 5.75. The molecule has 1 amide bonds. The second-order valence-corrected chi connectivity index (χ2v) is 9.75. The summed E-state index contributed by atoms with van der Waals surface area (Å²) >= 11 is 1.54. The van der Waals surface area contributed by atoms with Crippen molar-refractivity contribution in [3.8, 4) is 22.9 Å². The van der Waals surface area contributed by atoms with Gasteiger partial charge < -0.3 is 9.47 Å². The van der Waals surface area contributed by atoms with Crippen LogP contribution in [0.15, 0.2) is 41.6 Å². The summed E-state index contributed by atoms with van der Waals surface area (Å²) in [6.45, 7) is 12.3. The number of aromatic nitrogens is 3. The van der Waals surface area contributed by atoms with Crippen molar-refractivity contribution in [1.82, 2.24) is 15.2 Å². The Bertz CT molecular complexity index is 1210. The maximum atomic E-state index is 13.1. The summed E-state index contributed by atoms with van der Waals surface area (Å²) in [6.07, 6.45) is -0.777. The van der Waals surface area contributed by atoms with Gasteiger partial charge in [0.15, 0.2) is 5.69 Å². The van der Waals surface area contributed by atoms with Crippen LogP contribution in [0, 0.1) is 19.8 Å². The lowest BCUT2D eigenvalue weighted by atomic mass is 10.00. The van der Waals surface area contributed by atoms with Crippen molar-refractivity contribution in [2.75, 3.05) is 17.3 Å². The number of benzene rings is 2. The quantitative estimate of drug-likeness (QED) is 0.418. The predicted molar refractivity (Wildman–Crippen MR) is 134 cm³/mol. The summed E-state index contributed by atoms with van der Waals surface area (Å²) in [7, 11) is 0. The van der Waals surface area contributed by atoms with Crippen molar-refractivity contribution in [2.45, 2.75) is 52.9 Å². The summed E-state index contributed by atoms with van der Waals surface area (Å²) in [5.74, 6) is 2.21. The van der Waals surface area contributed by atoms with E-state index >= 15 is 0 Å². The van der Waals surface area contributed by atoms with Gasteiger partial charge in [0.25, 0.3) is 0 Å². The number of aryl methyl sites for hydroxylation is 2. The van der Waals surface area contributed by atoms with Gasteiger partial charge in [-0.05, 0) is 50.5 Å². The summed E-state index contributed by atoms with van der Waals surface area (Å²) in [6, 6.07) is 11.7. The summed E-state index contributed by atoms with van der Waals surface area (Å²) < 4.78 is 12.4. The smallest absolute Gasteiger partial charge is 0.247 e. The first-order valence-corrected chi connectivity index (χ1v) is 12.5. The van der Waals surface area contributed by atoms with Gasteiger partial charge in [0, 0.05) is 18.2 Å². The summed E-state index contributed by atoms with van der Waals surface area (Å²) in [4.78, 5) is 19.6. The van der Waals surface area contributed by atoms with Crippen molar-refractivity contribution in [2.24, 2.45) is 5.92 Å². The molecule has 2 aromatic carbocycles. The third-order valence-electron chi connectivity index (χ3n) is 5.40. The van der Waals surface area contributed by atoms with Crippen LogP contribution in [0.25, 0.3) is 11.3 Å². The maximum absolute atomic E-state index is 13.1. The molecule has 0 N–H and O–H groups in total. The molecule has 1 unspecified atom stereocenters. The average molecular weight is 479 g/mol. The van der Waals surface area contributed by atoms with E-state index in [1.54, 1.807) is 23.6 Å². The second kappa shape index (κ2) is 10.0. The highest BCUT2D eigenvalue weighted by molar-refractivity contribution is 7.99. The fourth-order valence-corrected chi connectivity index (χ4v) is 4.81. The fourth-order valence-electron chi connectivity index (χ4n) is 4.08. The Balaban J connectivity index is 1.96. The number of anilines is 1. The van der Waals surface area contributed by atoms with Crippen molar-refractivity contribution >= 4 is 23.4 Å². The van der Waals surface area contributed by atoms with Crippen molar-refractivity contribution in [3.05, 3.63) is 53.1 Å². The van der Waals surface area contributed by atoms with Crippen LogP contribution in [0.5, 0.6) is 11.6 Å². The topological polar surface area (TPSA) is 77.4 Å². The number of thioether (sulfide) groups is 1. The van der Waals surface area contributed by atoms with Crippen LogP contribution in [0.1, 0.15) is 50.6 Å². The van der Waals surface area contributed by atoms with Gasteiger partial charge >= 0.3 is 0 Å². The van der Waals surface area contributed by atoms with Gasteiger partial charge in [-0.1, -0.05) is 49.4 Å². The summed E-state index contributed by atoms with van der Waals surface area (Å²) in [5.41, 5.74) is 4.79. The largest absolute Gasteiger partial charge is 0.493 e. The van der Waals surface area contributed by atoms with E-state index in [0.29, 0.717) is 35.0 Å². The zero-order valence-electron chi connectivity index (χ0n) is 20.5. The number of hydrogen-bond donors (Lipinski definition) is 0. The normalized spacial score (nSPS) is 14.8. The molecule has 34 heavy (non-hydrogen) atoms. The lowest BCUT2D eigenvalue weighted by Gasteiger charge is -2.32. The molecule has 1 aromatic heterocycles. The highest BCUT2D eigenvalue weighted by Gasteiger charge is 2.37. The van der Waals surface area contributed by atoms with Crippen LogP contribution in [-0.4, -0.2) is 33.4 Å². The monoisotopic (exact) mass is 478 g/mol. The van der Waals surface area contributed by atoms with Gasteiger partial charge in [0.2, 0.25) is 23.2 Å². The number of carbonyl (C=O) groups excluding carboxylic acids is 1. The molecular formula is C26H30N4O3S. The van der Waals surface area contributed by atoms with E-state index in [0.717, 1.165) is 33.7 Å². The van der Waals surface area contributed by atoms with E-state index in [-0.39, 0.29) is 5.91 Å². The second-order valence-electron chi connectivity index (χ2n) is 8.76. The first-order valence-electron chi connectivity index (χ1n) is 11.5. The minimum Gasteiger partial charge on any atom is -0.493 e. The first kappa shape index (κ1) is 24.0. The van der Waals surface area contributed by atoms with Gasteiger partial charge in [-0.15, -0.1) is 10.2 Å². The molecule has 0 spiro atoms. The average Bonchev–Trinajstić information content (AvgIpc) is 2.93. The van der Waals surface area contributed by atoms with E-state index in [2.05, 4.69) is 30.1 Å². The molecule has 2 heterocycles. The molecule has 0 radical (unpaired) electrons. The molecule has 178 valence electrons. The molecule has 0 aliphatic carbocycles. The van der Waals surface area contributed by atoms with E-state index < -0.39 is 6.23 Å². The van der Waals surface area contributed by atoms with Crippen LogP contribution < -0.4 is 14.4 Å². The van der Waals surface area contributed by atoms with E-state index in [9.17, 15) is 4.79 Å². The highest BCUT2D eigenvalue weighted by Crippen LogP contribution is 2.46. The maximum Gasteiger partial charge on any atom is 0.247 e. The van der Waals surface area contributed by atoms with E-state index in [1.807, 2.05) is 51.1 Å². The van der Waals surface area contributed by atoms with Crippen molar-refractivity contribution in [3.63, 3.8) is 0 Å². The number of hydrogen-bond acceptors (Lipinski definition) is 7. The zero-order chi connectivity index (χ0) is 24.4. The minimum absolute atomic E-state index is 0.153. The number of amides is 1. The number of carbonyl (C=O) groups is 1. The van der Waals surface area contributed by atoms with Crippen LogP contribution in [0.3, 0.4) is 0 Å². The Labute approximate surface area is 204 Å². The Morgan fingerprint density at radius 2 is 1.97 bits per heavy atom. The van der Waals surface area contributed by atoms with Gasteiger partial charge in [0.05, 0.1) is 17.9 Å². The number of nitrogens with zero attached hydrogens (tertiary/aromatic N) is 4. The molecule has 0 saturated carbocycles. The molecule has 0 saturated heterocycles. The Morgan fingerprint density at radius 1 is 1.21 bits per heavy atom. The van der Waals surface area contributed by atoms with Gasteiger partial charge in [-0.3, -0.25) is 9.69 Å². The number of para-hydroxylation sites is 1. The van der Waals surface area contributed by atoms with Crippen molar-refractivity contribution < 1.29 is 14.3 Å². The molecule has 0 bridgehead atoms. The van der Waals surface area contributed by atoms with Gasteiger partial charge in [-0.2, -0.15) is 4.98 Å². The van der Waals surface area contributed by atoms with E-state index in [4.69, 9.17) is 14.5 Å². The standard InChI is InChI=1S/C26H30N4O3S/c1-7-32-21-11-9-8-10-19(21)25-30(18(6)31)23-17(5)12-16(4)13-20(23)22-24(33-25)27-26(29-28-22)34-14-15(2)3/h8-13,15,25H,7,14H2,1-6H3. The number of fused-ring (bicyclic) bond motifs is 3. The first-order chi connectivity index (χ1) is 16.3. The third kappa shape index (κ3) is 4.73. The number of rotatable bonds is 6. The molecule has 7 nitrogen and oxygen atoms in total. The lowest BCUT2D eigenvalue weighted by Crippen LogP contribution is -2.36. The Kier molecular flexibility index (Phi) is 7.07. The highest BCUT2D eigenvalue weighted by atomic mass is 32.2. The molecular weight excluding hydrogens is 448 g/mol. The molecule has 0 fully saturated rings. The minimum atomic E-state index is -0.777. The summed E-state index contributed by atoms with van der Waals surface area (Å²) in [5, 5.41) is 9.45. The molecule has 3 aromatic rings. The van der Waals surface area contributed by atoms with Gasteiger partial charge in [-0.25, -0.2) is 0 Å². The molecule has 1 aliphatic rings. The molecule has 4 rings (SSSR count). The fraction of sp³-hybridized carbons (Fsp3) is 0.385. The third-order valence-corrected chi connectivity index (χ3v) is 6.67. The number of ether oxygens (including phenoxy) is 2. The van der Waals surface area contributed by atoms with Crippen LogP contribution >= 0.6 is 11.8 Å². The van der Waals surface area contributed by atoms with Crippen molar-refractivity contribution in [1.29, 1.82) is 0 Å². The SMILES string of the molecule is CCOc1ccccc1C1Oc2nc(SCC(C)C)nnc2-c2cc(C)cc(C)c2N1C(C)=O. The molecule has 1 atom stereocenters. The van der Waals surface area contributed by atoms with Gasteiger partial charge in [0.1, 0.15) is 5.75 Å². The van der Waals surface area contributed by atoms with E-state index in [1.165, 1.54) is 0 Å². The molecule has 8 heteroatoms. The Morgan fingerprint density at radius 3 is 2.68 bits per heavy atom. The molecule has 1 aliphatic heterocycles. The van der Waals surface area contributed by atoms with Crippen LogP contribution in [0.4, 0.5) is 5.69 Å². The zero-order valence-corrected chi connectivity index (χ0v) is 21.3. The van der Waals surface area contributed by atoms with Crippen LogP contribution in [0.2, 0.25) is 0 Å². The Hall–Kier alpha value is -3.13.